The molecule has 0 aliphatic carbocycles. The standard InChI is InChI=1S/C14H18N2O5/c17-8-12-6-11(7-16(12)14(19)20)15-13(18)21-9-10-4-2-1-3-5-10/h1-5,11-12,17H,6-9H2,(H,15,18)(H,19,20)/t11-,12-/m1/s1. The molecule has 1 saturated heterocycles. The van der Waals surface area contributed by atoms with E-state index in [9.17, 15) is 9.59 Å². The molecule has 2 atom stereocenters. The van der Waals surface area contributed by atoms with E-state index >= 15 is 0 Å². The summed E-state index contributed by atoms with van der Waals surface area (Å²) in [6, 6.07) is 8.43. The van der Waals surface area contributed by atoms with E-state index < -0.39 is 18.2 Å². The van der Waals surface area contributed by atoms with Crippen LogP contribution in [0.15, 0.2) is 30.3 Å². The van der Waals surface area contributed by atoms with Gasteiger partial charge in [-0.3, -0.25) is 0 Å². The van der Waals surface area contributed by atoms with E-state index in [0.717, 1.165) is 10.5 Å². The van der Waals surface area contributed by atoms with E-state index in [2.05, 4.69) is 5.32 Å². The van der Waals surface area contributed by atoms with Gasteiger partial charge in [0.2, 0.25) is 0 Å². The summed E-state index contributed by atoms with van der Waals surface area (Å²) in [6.07, 6.45) is -1.31. The van der Waals surface area contributed by atoms with Crippen molar-refractivity contribution in [2.45, 2.75) is 25.1 Å². The van der Waals surface area contributed by atoms with Gasteiger partial charge in [-0.1, -0.05) is 30.3 Å². The Morgan fingerprint density at radius 1 is 1.33 bits per heavy atom. The van der Waals surface area contributed by atoms with Crippen LogP contribution >= 0.6 is 0 Å². The van der Waals surface area contributed by atoms with Crippen LogP contribution in [0.2, 0.25) is 0 Å². The molecule has 7 heteroatoms. The van der Waals surface area contributed by atoms with Crippen molar-refractivity contribution in [1.82, 2.24) is 10.2 Å². The molecule has 1 aromatic carbocycles. The van der Waals surface area contributed by atoms with Crippen LogP contribution in [0, 0.1) is 0 Å². The zero-order valence-corrected chi connectivity index (χ0v) is 11.4. The van der Waals surface area contributed by atoms with E-state index in [0.29, 0.717) is 6.42 Å². The molecule has 3 N–H and O–H groups in total. The number of alkyl carbamates (subject to hydrolysis) is 1. The molecule has 2 amide bonds. The van der Waals surface area contributed by atoms with E-state index in [-0.39, 0.29) is 25.8 Å². The fourth-order valence-corrected chi connectivity index (χ4v) is 2.36. The second-order valence-electron chi connectivity index (χ2n) is 4.91. The number of hydrogen-bond acceptors (Lipinski definition) is 4. The van der Waals surface area contributed by atoms with Crippen molar-refractivity contribution < 1.29 is 24.5 Å². The lowest BCUT2D eigenvalue weighted by molar-refractivity contribution is 0.117. The number of benzene rings is 1. The summed E-state index contributed by atoms with van der Waals surface area (Å²) in [5.41, 5.74) is 0.875. The van der Waals surface area contributed by atoms with Gasteiger partial charge in [0.15, 0.2) is 0 Å². The fraction of sp³-hybridized carbons (Fsp3) is 0.429. The summed E-state index contributed by atoms with van der Waals surface area (Å²) < 4.78 is 5.08. The molecule has 0 unspecified atom stereocenters. The minimum Gasteiger partial charge on any atom is -0.465 e. The molecule has 1 fully saturated rings. The minimum absolute atomic E-state index is 0.154. The quantitative estimate of drug-likeness (QED) is 0.770. The topological polar surface area (TPSA) is 99.1 Å². The van der Waals surface area contributed by atoms with Crippen LogP contribution in [0.5, 0.6) is 0 Å². The van der Waals surface area contributed by atoms with Crippen molar-refractivity contribution in [2.24, 2.45) is 0 Å². The van der Waals surface area contributed by atoms with Gasteiger partial charge in [-0.25, -0.2) is 9.59 Å². The maximum atomic E-state index is 11.7. The van der Waals surface area contributed by atoms with Crippen molar-refractivity contribution in [3.63, 3.8) is 0 Å². The summed E-state index contributed by atoms with van der Waals surface area (Å²) in [6.45, 7) is 0.0516. The molecule has 1 aliphatic heterocycles. The molecule has 1 aromatic rings. The molecule has 21 heavy (non-hydrogen) atoms. The number of ether oxygens (including phenoxy) is 1. The number of aliphatic hydroxyl groups is 1. The van der Waals surface area contributed by atoms with E-state index in [1.54, 1.807) is 0 Å². The zero-order chi connectivity index (χ0) is 15.2. The largest absolute Gasteiger partial charge is 0.465 e. The van der Waals surface area contributed by atoms with Gasteiger partial charge in [0.25, 0.3) is 0 Å². The molecular formula is C14H18N2O5. The first-order valence-electron chi connectivity index (χ1n) is 6.67. The fourth-order valence-electron chi connectivity index (χ4n) is 2.36. The highest BCUT2D eigenvalue weighted by Gasteiger charge is 2.35. The van der Waals surface area contributed by atoms with Gasteiger partial charge in [0, 0.05) is 6.54 Å². The van der Waals surface area contributed by atoms with Crippen molar-refractivity contribution >= 4 is 12.2 Å². The maximum absolute atomic E-state index is 11.7. The molecule has 2 rings (SSSR count). The monoisotopic (exact) mass is 294 g/mol. The maximum Gasteiger partial charge on any atom is 0.407 e. The molecule has 0 spiro atoms. The first kappa shape index (κ1) is 15.1. The predicted molar refractivity (Wildman–Crippen MR) is 73.8 cm³/mol. The third-order valence-electron chi connectivity index (χ3n) is 3.41. The Morgan fingerprint density at radius 3 is 2.62 bits per heavy atom. The highest BCUT2D eigenvalue weighted by Crippen LogP contribution is 2.17. The summed E-state index contributed by atoms with van der Waals surface area (Å²) in [7, 11) is 0. The van der Waals surface area contributed by atoms with Gasteiger partial charge < -0.3 is 25.2 Å². The average Bonchev–Trinajstić information content (AvgIpc) is 2.89. The SMILES string of the molecule is O=C(N[C@@H]1C[C@H](CO)N(C(=O)O)C1)OCc1ccccc1. The summed E-state index contributed by atoms with van der Waals surface area (Å²) in [5.74, 6) is 0. The zero-order valence-electron chi connectivity index (χ0n) is 11.4. The molecule has 1 heterocycles. The van der Waals surface area contributed by atoms with Crippen molar-refractivity contribution in [3.8, 4) is 0 Å². The molecule has 1 aliphatic rings. The van der Waals surface area contributed by atoms with Gasteiger partial charge in [0.1, 0.15) is 6.61 Å². The van der Waals surface area contributed by atoms with Crippen molar-refractivity contribution in [1.29, 1.82) is 0 Å². The number of nitrogens with zero attached hydrogens (tertiary/aromatic N) is 1. The Morgan fingerprint density at radius 2 is 2.05 bits per heavy atom. The van der Waals surface area contributed by atoms with Gasteiger partial charge in [-0.2, -0.15) is 0 Å². The number of nitrogens with one attached hydrogen (secondary N) is 1. The third-order valence-corrected chi connectivity index (χ3v) is 3.41. The minimum atomic E-state index is -1.10. The van der Waals surface area contributed by atoms with Crippen molar-refractivity contribution in [2.75, 3.05) is 13.2 Å². The van der Waals surface area contributed by atoms with E-state index in [1.165, 1.54) is 0 Å². The first-order chi connectivity index (χ1) is 10.1. The molecule has 0 aromatic heterocycles. The molecular weight excluding hydrogens is 276 g/mol. The normalized spacial score (nSPS) is 21.1. The van der Waals surface area contributed by atoms with E-state index in [1.807, 2.05) is 30.3 Å². The Balaban J connectivity index is 1.79. The second kappa shape index (κ2) is 6.94. The number of amides is 2. The number of rotatable bonds is 4. The van der Waals surface area contributed by atoms with Crippen LogP contribution in [0.25, 0.3) is 0 Å². The van der Waals surface area contributed by atoms with Gasteiger partial charge >= 0.3 is 12.2 Å². The Bertz CT molecular complexity index is 493. The Hall–Kier alpha value is -2.28. The Kier molecular flexibility index (Phi) is 4.99. The lowest BCUT2D eigenvalue weighted by Gasteiger charge is -2.18. The first-order valence-corrected chi connectivity index (χ1v) is 6.67. The van der Waals surface area contributed by atoms with Crippen LogP contribution in [-0.4, -0.2) is 52.5 Å². The molecule has 0 radical (unpaired) electrons. The van der Waals surface area contributed by atoms with Crippen LogP contribution < -0.4 is 5.32 Å². The predicted octanol–water partition coefficient (Wildman–Crippen LogP) is 1.03. The highest BCUT2D eigenvalue weighted by molar-refractivity contribution is 5.69. The lowest BCUT2D eigenvalue weighted by Crippen LogP contribution is -2.39. The number of hydrogen-bond donors (Lipinski definition) is 3. The number of carbonyl (C=O) groups excluding carboxylic acids is 1. The van der Waals surface area contributed by atoms with E-state index in [4.69, 9.17) is 14.9 Å². The van der Waals surface area contributed by atoms with Gasteiger partial charge in [-0.05, 0) is 12.0 Å². The summed E-state index contributed by atoms with van der Waals surface area (Å²) in [4.78, 5) is 23.8. The number of likely N-dealkylation sites (tertiary alicyclic amines) is 1. The van der Waals surface area contributed by atoms with Gasteiger partial charge in [-0.15, -0.1) is 0 Å². The van der Waals surface area contributed by atoms with Crippen LogP contribution in [0.1, 0.15) is 12.0 Å². The lowest BCUT2D eigenvalue weighted by atomic mass is 10.2. The molecule has 0 saturated carbocycles. The molecule has 114 valence electrons. The molecule has 7 nitrogen and oxygen atoms in total. The van der Waals surface area contributed by atoms with Crippen LogP contribution in [-0.2, 0) is 11.3 Å². The second-order valence-corrected chi connectivity index (χ2v) is 4.91. The number of aliphatic hydroxyl groups excluding tert-OH is 1. The third kappa shape index (κ3) is 4.09. The summed E-state index contributed by atoms with van der Waals surface area (Å²) in [5, 5.41) is 20.8. The summed E-state index contributed by atoms with van der Waals surface area (Å²) >= 11 is 0. The molecule has 0 bridgehead atoms. The Labute approximate surface area is 122 Å². The highest BCUT2D eigenvalue weighted by atomic mass is 16.5. The van der Waals surface area contributed by atoms with Crippen LogP contribution in [0.4, 0.5) is 9.59 Å². The van der Waals surface area contributed by atoms with Crippen molar-refractivity contribution in [3.05, 3.63) is 35.9 Å². The number of carboxylic acid groups (broad SMARTS) is 1. The van der Waals surface area contributed by atoms with Crippen LogP contribution in [0.3, 0.4) is 0 Å². The van der Waals surface area contributed by atoms with Gasteiger partial charge in [0.05, 0.1) is 18.7 Å². The number of carbonyl (C=O) groups is 2. The average molecular weight is 294 g/mol. The smallest absolute Gasteiger partial charge is 0.407 e.